The molecule has 4 heteroatoms. The van der Waals surface area contributed by atoms with Gasteiger partial charge in [-0.25, -0.2) is 0 Å². The van der Waals surface area contributed by atoms with Crippen LogP contribution in [0.3, 0.4) is 0 Å². The van der Waals surface area contributed by atoms with E-state index in [-0.39, 0.29) is 12.4 Å². The minimum absolute atomic E-state index is 0. The molecule has 0 radical (unpaired) electrons. The van der Waals surface area contributed by atoms with Gasteiger partial charge in [-0.2, -0.15) is 0 Å². The molecule has 1 heterocycles. The topological polar surface area (TPSA) is 41.1 Å². The standard InChI is InChI=1S/C16H26N2O.ClH/c19-16(18-9-14-2-1-3-17-14)15-12-5-10-4-11(7-12)8-13(15)6-10;/h10-15,17H,1-9H2,(H,18,19);1H. The minimum Gasteiger partial charge on any atom is -0.354 e. The van der Waals surface area contributed by atoms with Crippen molar-refractivity contribution >= 4 is 18.3 Å². The van der Waals surface area contributed by atoms with Gasteiger partial charge in [-0.3, -0.25) is 4.79 Å². The van der Waals surface area contributed by atoms with Crippen molar-refractivity contribution in [3.63, 3.8) is 0 Å². The lowest BCUT2D eigenvalue weighted by molar-refractivity contribution is -0.138. The van der Waals surface area contributed by atoms with Gasteiger partial charge in [0.25, 0.3) is 0 Å². The number of halogens is 1. The Labute approximate surface area is 128 Å². The van der Waals surface area contributed by atoms with Crippen molar-refractivity contribution in [2.45, 2.75) is 51.0 Å². The molecular formula is C16H27ClN2O. The van der Waals surface area contributed by atoms with Crippen LogP contribution in [-0.4, -0.2) is 25.0 Å². The Morgan fingerprint density at radius 3 is 2.25 bits per heavy atom. The zero-order chi connectivity index (χ0) is 12.8. The van der Waals surface area contributed by atoms with Crippen LogP contribution in [0.1, 0.15) is 44.9 Å². The van der Waals surface area contributed by atoms with Crippen LogP contribution >= 0.6 is 12.4 Å². The first-order chi connectivity index (χ1) is 9.29. The first kappa shape index (κ1) is 14.6. The maximum Gasteiger partial charge on any atom is 0.223 e. The highest BCUT2D eigenvalue weighted by Gasteiger charge is 2.50. The summed E-state index contributed by atoms with van der Waals surface area (Å²) in [5, 5.41) is 6.72. The van der Waals surface area contributed by atoms with Gasteiger partial charge in [-0.1, -0.05) is 0 Å². The van der Waals surface area contributed by atoms with Crippen LogP contribution in [0, 0.1) is 29.6 Å². The molecule has 5 rings (SSSR count). The van der Waals surface area contributed by atoms with E-state index in [2.05, 4.69) is 10.6 Å². The summed E-state index contributed by atoms with van der Waals surface area (Å²) in [4.78, 5) is 12.6. The highest BCUT2D eigenvalue weighted by Crippen LogP contribution is 2.56. The van der Waals surface area contributed by atoms with Crippen molar-refractivity contribution in [2.24, 2.45) is 29.6 Å². The fourth-order valence-corrected chi connectivity index (χ4v) is 5.63. The summed E-state index contributed by atoms with van der Waals surface area (Å²) in [6.07, 6.45) is 9.31. The smallest absolute Gasteiger partial charge is 0.223 e. The Balaban J connectivity index is 0.00000121. The van der Waals surface area contributed by atoms with E-state index in [1.165, 1.54) is 44.9 Å². The van der Waals surface area contributed by atoms with Crippen LogP contribution in [-0.2, 0) is 4.79 Å². The van der Waals surface area contributed by atoms with E-state index >= 15 is 0 Å². The second kappa shape index (κ2) is 5.84. The molecule has 1 aliphatic heterocycles. The molecule has 1 atom stereocenters. The first-order valence-corrected chi connectivity index (χ1v) is 8.30. The van der Waals surface area contributed by atoms with Crippen molar-refractivity contribution in [1.29, 1.82) is 0 Å². The number of carbonyl (C=O) groups excluding carboxylic acids is 1. The minimum atomic E-state index is 0. The van der Waals surface area contributed by atoms with Gasteiger partial charge in [-0.05, 0) is 75.2 Å². The molecule has 0 aromatic heterocycles. The third-order valence-electron chi connectivity index (χ3n) is 6.21. The molecule has 5 aliphatic rings. The maximum absolute atomic E-state index is 12.6. The van der Waals surface area contributed by atoms with Crippen LogP contribution in [0.2, 0.25) is 0 Å². The summed E-state index contributed by atoms with van der Waals surface area (Å²) in [6.45, 7) is 1.97. The van der Waals surface area contributed by atoms with Crippen LogP contribution < -0.4 is 10.6 Å². The third kappa shape index (κ3) is 2.59. The van der Waals surface area contributed by atoms with E-state index in [0.717, 1.165) is 24.9 Å². The SMILES string of the molecule is Cl.O=C(NCC1CCCN1)C1C2CC3CC(C2)CC1C3. The summed E-state index contributed by atoms with van der Waals surface area (Å²) in [6, 6.07) is 0.529. The van der Waals surface area contributed by atoms with E-state index in [9.17, 15) is 4.79 Å². The Bertz CT molecular complexity index is 339. The van der Waals surface area contributed by atoms with E-state index in [1.807, 2.05) is 0 Å². The van der Waals surface area contributed by atoms with Gasteiger partial charge in [0.15, 0.2) is 0 Å². The summed E-state index contributed by atoms with van der Waals surface area (Å²) >= 11 is 0. The molecule has 1 amide bonds. The molecule has 1 saturated heterocycles. The highest BCUT2D eigenvalue weighted by atomic mass is 35.5. The molecule has 4 saturated carbocycles. The summed E-state index contributed by atoms with van der Waals surface area (Å²) < 4.78 is 0. The number of amides is 1. The Kier molecular flexibility index (Phi) is 4.28. The van der Waals surface area contributed by atoms with Gasteiger partial charge in [0, 0.05) is 18.5 Å². The number of hydrogen-bond donors (Lipinski definition) is 2. The zero-order valence-corrected chi connectivity index (χ0v) is 13.0. The maximum atomic E-state index is 12.6. The Morgan fingerprint density at radius 2 is 1.70 bits per heavy atom. The fourth-order valence-electron chi connectivity index (χ4n) is 5.63. The molecule has 2 N–H and O–H groups in total. The quantitative estimate of drug-likeness (QED) is 0.840. The van der Waals surface area contributed by atoms with Gasteiger partial charge in [0.2, 0.25) is 5.91 Å². The molecule has 0 aromatic rings. The predicted octanol–water partition coefficient (Wildman–Crippen LogP) is 2.35. The van der Waals surface area contributed by atoms with Crippen molar-refractivity contribution in [2.75, 3.05) is 13.1 Å². The van der Waals surface area contributed by atoms with E-state index in [1.54, 1.807) is 0 Å². The van der Waals surface area contributed by atoms with Gasteiger partial charge in [0.05, 0.1) is 0 Å². The first-order valence-electron chi connectivity index (χ1n) is 8.30. The average molecular weight is 299 g/mol. The van der Waals surface area contributed by atoms with Gasteiger partial charge in [0.1, 0.15) is 0 Å². The van der Waals surface area contributed by atoms with Gasteiger partial charge < -0.3 is 10.6 Å². The summed E-state index contributed by atoms with van der Waals surface area (Å²) in [5.74, 6) is 4.09. The number of rotatable bonds is 3. The molecular weight excluding hydrogens is 272 g/mol. The lowest BCUT2D eigenvalue weighted by Crippen LogP contribution is -2.52. The molecule has 0 aromatic carbocycles. The van der Waals surface area contributed by atoms with E-state index < -0.39 is 0 Å². The summed E-state index contributed by atoms with van der Waals surface area (Å²) in [5.41, 5.74) is 0. The van der Waals surface area contributed by atoms with Crippen molar-refractivity contribution < 1.29 is 4.79 Å². The van der Waals surface area contributed by atoms with Crippen molar-refractivity contribution in [3.05, 3.63) is 0 Å². The van der Waals surface area contributed by atoms with E-state index in [4.69, 9.17) is 0 Å². The van der Waals surface area contributed by atoms with Crippen LogP contribution in [0.15, 0.2) is 0 Å². The van der Waals surface area contributed by atoms with Crippen LogP contribution in [0.4, 0.5) is 0 Å². The normalized spacial score (nSPS) is 45.2. The van der Waals surface area contributed by atoms with Crippen LogP contribution in [0.5, 0.6) is 0 Å². The molecule has 114 valence electrons. The molecule has 1 unspecified atom stereocenters. The average Bonchev–Trinajstić information content (AvgIpc) is 2.88. The Morgan fingerprint density at radius 1 is 1.05 bits per heavy atom. The molecule has 5 fully saturated rings. The number of carbonyl (C=O) groups is 1. The monoisotopic (exact) mass is 298 g/mol. The lowest BCUT2D eigenvalue weighted by Gasteiger charge is -2.53. The van der Waals surface area contributed by atoms with Crippen molar-refractivity contribution in [1.82, 2.24) is 10.6 Å². The van der Waals surface area contributed by atoms with Gasteiger partial charge in [-0.15, -0.1) is 12.4 Å². The number of hydrogen-bond acceptors (Lipinski definition) is 2. The second-order valence-electron chi connectivity index (χ2n) is 7.49. The van der Waals surface area contributed by atoms with Gasteiger partial charge >= 0.3 is 0 Å². The number of nitrogens with one attached hydrogen (secondary N) is 2. The summed E-state index contributed by atoms with van der Waals surface area (Å²) in [7, 11) is 0. The molecule has 4 aliphatic carbocycles. The molecule has 3 nitrogen and oxygen atoms in total. The van der Waals surface area contributed by atoms with Crippen molar-refractivity contribution in [3.8, 4) is 0 Å². The lowest BCUT2D eigenvalue weighted by atomic mass is 9.51. The van der Waals surface area contributed by atoms with E-state index in [0.29, 0.717) is 29.7 Å². The van der Waals surface area contributed by atoms with Crippen LogP contribution in [0.25, 0.3) is 0 Å². The predicted molar refractivity (Wildman–Crippen MR) is 81.8 cm³/mol. The molecule has 4 bridgehead atoms. The zero-order valence-electron chi connectivity index (χ0n) is 12.1. The fraction of sp³-hybridized carbons (Fsp3) is 0.938. The largest absolute Gasteiger partial charge is 0.354 e. The molecule has 0 spiro atoms. The Hall–Kier alpha value is -0.280. The third-order valence-corrected chi connectivity index (χ3v) is 6.21. The molecule has 20 heavy (non-hydrogen) atoms. The second-order valence-corrected chi connectivity index (χ2v) is 7.49. The highest BCUT2D eigenvalue weighted by molar-refractivity contribution is 5.85.